The maximum Gasteiger partial charge on any atom is 0.418 e. The second kappa shape index (κ2) is 5.61. The molecule has 1 aromatic heterocycles. The first-order valence-electron chi connectivity index (χ1n) is 5.60. The normalized spacial score (nSPS) is 11.2. The lowest BCUT2D eigenvalue weighted by atomic mass is 10.1. The highest BCUT2D eigenvalue weighted by atomic mass is 35.5. The van der Waals surface area contributed by atoms with Crippen LogP contribution < -0.4 is 5.32 Å². The van der Waals surface area contributed by atoms with Gasteiger partial charge in [0.25, 0.3) is 0 Å². The highest BCUT2D eigenvalue weighted by Crippen LogP contribution is 2.37. The van der Waals surface area contributed by atoms with Crippen molar-refractivity contribution < 1.29 is 23.1 Å². The van der Waals surface area contributed by atoms with Gasteiger partial charge >= 0.3 is 12.1 Å². The van der Waals surface area contributed by atoms with Gasteiger partial charge in [0.15, 0.2) is 0 Å². The quantitative estimate of drug-likeness (QED) is 0.891. The fourth-order valence-corrected chi connectivity index (χ4v) is 1.86. The smallest absolute Gasteiger partial charge is 0.418 e. The lowest BCUT2D eigenvalue weighted by Gasteiger charge is -2.15. The van der Waals surface area contributed by atoms with E-state index in [4.69, 9.17) is 16.7 Å². The zero-order valence-electron chi connectivity index (χ0n) is 10.3. The molecule has 0 aliphatic rings. The molecule has 21 heavy (non-hydrogen) atoms. The Hall–Kier alpha value is -2.28. The number of aromatic nitrogens is 1. The first-order valence-corrected chi connectivity index (χ1v) is 5.98. The molecule has 0 bridgehead atoms. The van der Waals surface area contributed by atoms with Gasteiger partial charge in [-0.2, -0.15) is 13.2 Å². The van der Waals surface area contributed by atoms with Crippen molar-refractivity contribution >= 4 is 28.9 Å². The van der Waals surface area contributed by atoms with Gasteiger partial charge in [-0.15, -0.1) is 0 Å². The van der Waals surface area contributed by atoms with E-state index in [0.717, 1.165) is 18.3 Å². The molecule has 0 spiro atoms. The number of pyridine rings is 1. The number of carboxylic acids is 1. The molecule has 2 aromatic rings. The minimum atomic E-state index is -4.63. The summed E-state index contributed by atoms with van der Waals surface area (Å²) in [5.41, 5.74) is -1.52. The molecule has 0 aliphatic carbocycles. The number of halogens is 4. The first-order chi connectivity index (χ1) is 9.79. The number of aromatic carboxylic acids is 1. The Bertz CT molecular complexity index is 689. The monoisotopic (exact) mass is 316 g/mol. The van der Waals surface area contributed by atoms with Crippen molar-refractivity contribution in [1.82, 2.24) is 4.98 Å². The van der Waals surface area contributed by atoms with E-state index in [2.05, 4.69) is 10.3 Å². The Balaban J connectivity index is 2.48. The van der Waals surface area contributed by atoms with Crippen LogP contribution in [-0.4, -0.2) is 16.1 Å². The Kier molecular flexibility index (Phi) is 4.04. The Morgan fingerprint density at radius 2 is 1.95 bits per heavy atom. The van der Waals surface area contributed by atoms with Gasteiger partial charge in [-0.3, -0.25) is 4.98 Å². The second-order valence-corrected chi connectivity index (χ2v) is 4.48. The highest BCUT2D eigenvalue weighted by Gasteiger charge is 2.34. The molecule has 2 N–H and O–H groups in total. The second-order valence-electron chi connectivity index (χ2n) is 4.04. The van der Waals surface area contributed by atoms with Crippen LogP contribution in [0.5, 0.6) is 0 Å². The van der Waals surface area contributed by atoms with Gasteiger partial charge in [0.1, 0.15) is 0 Å². The summed E-state index contributed by atoms with van der Waals surface area (Å²) in [6.07, 6.45) is -2.25. The number of hydrogen-bond donors (Lipinski definition) is 2. The Labute approximate surface area is 122 Å². The number of alkyl halides is 3. The number of nitrogens with zero attached hydrogens (tertiary/aromatic N) is 1. The molecule has 0 saturated carbocycles. The summed E-state index contributed by atoms with van der Waals surface area (Å²) in [6, 6.07) is 4.36. The summed E-state index contributed by atoms with van der Waals surface area (Å²) in [6.45, 7) is 0. The van der Waals surface area contributed by atoms with Crippen LogP contribution in [0.25, 0.3) is 0 Å². The molecule has 0 saturated heterocycles. The van der Waals surface area contributed by atoms with Crippen LogP contribution >= 0.6 is 11.6 Å². The Morgan fingerprint density at radius 3 is 2.57 bits per heavy atom. The maximum atomic E-state index is 13.0. The molecule has 0 atom stereocenters. The maximum absolute atomic E-state index is 13.0. The lowest BCUT2D eigenvalue weighted by Crippen LogP contribution is -2.10. The van der Waals surface area contributed by atoms with Crippen LogP contribution in [0.15, 0.2) is 36.7 Å². The van der Waals surface area contributed by atoms with E-state index in [0.29, 0.717) is 0 Å². The zero-order valence-corrected chi connectivity index (χ0v) is 11.0. The van der Waals surface area contributed by atoms with E-state index >= 15 is 0 Å². The van der Waals surface area contributed by atoms with Gasteiger partial charge in [-0.1, -0.05) is 11.6 Å². The zero-order chi connectivity index (χ0) is 15.6. The molecule has 0 fully saturated rings. The van der Waals surface area contributed by atoms with Crippen LogP contribution in [-0.2, 0) is 6.18 Å². The van der Waals surface area contributed by atoms with E-state index < -0.39 is 17.7 Å². The van der Waals surface area contributed by atoms with E-state index in [1.807, 2.05) is 0 Å². The average molecular weight is 317 g/mol. The average Bonchev–Trinajstić information content (AvgIpc) is 2.40. The van der Waals surface area contributed by atoms with E-state index in [-0.39, 0.29) is 22.0 Å². The molecular formula is C13H8ClF3N2O2. The fourth-order valence-electron chi connectivity index (χ4n) is 1.69. The molecule has 0 unspecified atom stereocenters. The van der Waals surface area contributed by atoms with Gasteiger partial charge in [0.2, 0.25) is 0 Å². The molecule has 2 rings (SSSR count). The molecular weight excluding hydrogens is 309 g/mol. The van der Waals surface area contributed by atoms with E-state index in [1.54, 1.807) is 0 Å². The van der Waals surface area contributed by atoms with Gasteiger partial charge in [-0.25, -0.2) is 4.79 Å². The van der Waals surface area contributed by atoms with Gasteiger partial charge < -0.3 is 10.4 Å². The third kappa shape index (κ3) is 3.43. The van der Waals surface area contributed by atoms with Crippen molar-refractivity contribution in [3.63, 3.8) is 0 Å². The van der Waals surface area contributed by atoms with Gasteiger partial charge in [0.05, 0.1) is 28.7 Å². The molecule has 4 nitrogen and oxygen atoms in total. The molecule has 0 aliphatic heterocycles. The van der Waals surface area contributed by atoms with Crippen molar-refractivity contribution in [1.29, 1.82) is 0 Å². The molecule has 1 aromatic carbocycles. The summed E-state index contributed by atoms with van der Waals surface area (Å²) in [5, 5.41) is 11.4. The molecule has 0 radical (unpaired) electrons. The number of nitrogens with one attached hydrogen (secondary N) is 1. The summed E-state index contributed by atoms with van der Waals surface area (Å²) in [7, 11) is 0. The van der Waals surface area contributed by atoms with E-state index in [9.17, 15) is 18.0 Å². The van der Waals surface area contributed by atoms with Crippen LogP contribution in [0.4, 0.5) is 24.5 Å². The van der Waals surface area contributed by atoms with Crippen LogP contribution in [0.2, 0.25) is 5.02 Å². The lowest BCUT2D eigenvalue weighted by molar-refractivity contribution is -0.136. The number of carboxylic acid groups (broad SMARTS) is 1. The summed E-state index contributed by atoms with van der Waals surface area (Å²) >= 11 is 5.57. The van der Waals surface area contributed by atoms with Crippen LogP contribution in [0.3, 0.4) is 0 Å². The number of benzene rings is 1. The summed E-state index contributed by atoms with van der Waals surface area (Å²) in [5.74, 6) is -1.28. The number of hydrogen-bond acceptors (Lipinski definition) is 3. The fraction of sp³-hybridized carbons (Fsp3) is 0.0769. The minimum absolute atomic E-state index is 0.0437. The predicted molar refractivity (Wildman–Crippen MR) is 70.9 cm³/mol. The van der Waals surface area contributed by atoms with Crippen molar-refractivity contribution in [3.05, 3.63) is 52.8 Å². The molecule has 110 valence electrons. The third-order valence-corrected chi connectivity index (χ3v) is 2.84. The van der Waals surface area contributed by atoms with E-state index in [1.165, 1.54) is 18.3 Å². The minimum Gasteiger partial charge on any atom is -0.478 e. The Morgan fingerprint density at radius 1 is 1.24 bits per heavy atom. The van der Waals surface area contributed by atoms with Gasteiger partial charge in [0, 0.05) is 11.2 Å². The van der Waals surface area contributed by atoms with Crippen molar-refractivity contribution in [2.75, 3.05) is 5.32 Å². The number of rotatable bonds is 3. The van der Waals surface area contributed by atoms with Crippen LogP contribution in [0, 0.1) is 0 Å². The van der Waals surface area contributed by atoms with Crippen molar-refractivity contribution in [2.24, 2.45) is 0 Å². The topological polar surface area (TPSA) is 62.2 Å². The first kappa shape index (κ1) is 15.1. The SMILES string of the molecule is O=C(O)c1ccncc1Nc1ccc(Cl)cc1C(F)(F)F. The number of anilines is 2. The molecule has 0 amide bonds. The van der Waals surface area contributed by atoms with Crippen LogP contribution in [0.1, 0.15) is 15.9 Å². The van der Waals surface area contributed by atoms with Gasteiger partial charge in [-0.05, 0) is 24.3 Å². The van der Waals surface area contributed by atoms with Crippen molar-refractivity contribution in [3.8, 4) is 0 Å². The summed E-state index contributed by atoms with van der Waals surface area (Å²) < 4.78 is 38.9. The third-order valence-electron chi connectivity index (χ3n) is 2.61. The molecule has 1 heterocycles. The summed E-state index contributed by atoms with van der Waals surface area (Å²) in [4.78, 5) is 14.7. The number of carbonyl (C=O) groups is 1. The predicted octanol–water partition coefficient (Wildman–Crippen LogP) is 4.20. The molecule has 8 heteroatoms. The largest absolute Gasteiger partial charge is 0.478 e. The van der Waals surface area contributed by atoms with Crippen molar-refractivity contribution in [2.45, 2.75) is 6.18 Å². The highest BCUT2D eigenvalue weighted by molar-refractivity contribution is 6.30. The standard InChI is InChI=1S/C13H8ClF3N2O2/c14-7-1-2-10(9(5-7)13(15,16)17)19-11-6-18-4-3-8(11)12(20)21/h1-6,19H,(H,20,21).